The molecule has 8 heteroatoms. The number of fused-ring (bicyclic) bond motifs is 1. The molecule has 0 saturated heterocycles. The molecule has 1 aliphatic heterocycles. The first kappa shape index (κ1) is 9.10. The summed E-state index contributed by atoms with van der Waals surface area (Å²) in [6, 6.07) is 2.45. The SMILES string of the molecule is [N-]=[N+]=Nc1cc2c(cc1[N+](=O)[O-])OCO2. The molecule has 1 aliphatic rings. The first-order chi connectivity index (χ1) is 7.22. The minimum absolute atomic E-state index is 0.00616. The second-order valence-electron chi connectivity index (χ2n) is 2.64. The number of hydrogen-bond donors (Lipinski definition) is 0. The molecule has 0 unspecified atom stereocenters. The third kappa shape index (κ3) is 1.49. The van der Waals surface area contributed by atoms with Gasteiger partial charge in [0, 0.05) is 11.0 Å². The van der Waals surface area contributed by atoms with Crippen molar-refractivity contribution in [3.8, 4) is 11.5 Å². The van der Waals surface area contributed by atoms with E-state index in [0.717, 1.165) is 0 Å². The Bertz CT molecular complexity index is 451. The third-order valence-electron chi connectivity index (χ3n) is 1.82. The molecule has 0 aliphatic carbocycles. The molecular weight excluding hydrogens is 204 g/mol. The van der Waals surface area contributed by atoms with E-state index >= 15 is 0 Å². The van der Waals surface area contributed by atoms with E-state index in [1.807, 2.05) is 0 Å². The highest BCUT2D eigenvalue weighted by Gasteiger charge is 2.22. The van der Waals surface area contributed by atoms with Gasteiger partial charge in [-0.15, -0.1) is 0 Å². The first-order valence-electron chi connectivity index (χ1n) is 3.85. The van der Waals surface area contributed by atoms with Crippen molar-refractivity contribution in [2.24, 2.45) is 5.11 Å². The molecule has 1 heterocycles. The molecule has 0 aromatic heterocycles. The van der Waals surface area contributed by atoms with Crippen LogP contribution in [0.25, 0.3) is 10.4 Å². The van der Waals surface area contributed by atoms with Crippen molar-refractivity contribution in [1.82, 2.24) is 0 Å². The van der Waals surface area contributed by atoms with Crippen molar-refractivity contribution >= 4 is 11.4 Å². The lowest BCUT2D eigenvalue weighted by Crippen LogP contribution is -1.93. The Balaban J connectivity index is 2.61. The van der Waals surface area contributed by atoms with E-state index in [0.29, 0.717) is 5.75 Å². The number of nitrogens with zero attached hydrogens (tertiary/aromatic N) is 4. The van der Waals surface area contributed by atoms with Gasteiger partial charge in [0.15, 0.2) is 11.5 Å². The largest absolute Gasteiger partial charge is 0.454 e. The van der Waals surface area contributed by atoms with Crippen LogP contribution in [0.4, 0.5) is 11.4 Å². The topological polar surface area (TPSA) is 110 Å². The lowest BCUT2D eigenvalue weighted by Gasteiger charge is -1.98. The highest BCUT2D eigenvalue weighted by Crippen LogP contribution is 2.41. The number of ether oxygens (including phenoxy) is 2. The number of benzene rings is 1. The summed E-state index contributed by atoms with van der Waals surface area (Å²) >= 11 is 0. The number of nitro groups is 1. The van der Waals surface area contributed by atoms with Gasteiger partial charge in [0.2, 0.25) is 6.79 Å². The average Bonchev–Trinajstić information content (AvgIpc) is 2.63. The van der Waals surface area contributed by atoms with Crippen molar-refractivity contribution in [1.29, 1.82) is 0 Å². The molecule has 15 heavy (non-hydrogen) atoms. The van der Waals surface area contributed by atoms with Gasteiger partial charge in [0.05, 0.1) is 11.0 Å². The van der Waals surface area contributed by atoms with E-state index in [9.17, 15) is 10.1 Å². The Labute approximate surface area is 82.8 Å². The van der Waals surface area contributed by atoms with Crippen LogP contribution in [-0.4, -0.2) is 11.7 Å². The predicted molar refractivity (Wildman–Crippen MR) is 48.0 cm³/mol. The molecular formula is C7H4N4O4. The van der Waals surface area contributed by atoms with Crippen LogP contribution in [0.2, 0.25) is 0 Å². The van der Waals surface area contributed by atoms with E-state index in [4.69, 9.17) is 15.0 Å². The molecule has 0 radical (unpaired) electrons. The zero-order valence-corrected chi connectivity index (χ0v) is 7.28. The predicted octanol–water partition coefficient (Wildman–Crippen LogP) is 2.27. The van der Waals surface area contributed by atoms with Crippen LogP contribution in [0.1, 0.15) is 0 Å². The monoisotopic (exact) mass is 208 g/mol. The number of azide groups is 1. The minimum atomic E-state index is -0.647. The molecule has 0 N–H and O–H groups in total. The maximum absolute atomic E-state index is 10.6. The van der Waals surface area contributed by atoms with Gasteiger partial charge in [0.1, 0.15) is 5.69 Å². The van der Waals surface area contributed by atoms with Gasteiger partial charge >= 0.3 is 0 Å². The van der Waals surface area contributed by atoms with Gasteiger partial charge in [-0.2, -0.15) is 0 Å². The smallest absolute Gasteiger partial charge is 0.282 e. The molecule has 0 atom stereocenters. The summed E-state index contributed by atoms with van der Waals surface area (Å²) in [6.45, 7) is 0.00616. The normalized spacial score (nSPS) is 12.0. The molecule has 0 bridgehead atoms. The molecule has 76 valence electrons. The highest BCUT2D eigenvalue weighted by atomic mass is 16.7. The van der Waals surface area contributed by atoms with E-state index < -0.39 is 4.92 Å². The number of nitro benzene ring substituents is 1. The summed E-state index contributed by atoms with van der Waals surface area (Å²) in [6.07, 6.45) is 0. The molecule has 2 rings (SSSR count). The zero-order chi connectivity index (χ0) is 10.8. The Morgan fingerprint density at radius 1 is 1.47 bits per heavy atom. The fourth-order valence-corrected chi connectivity index (χ4v) is 1.20. The Kier molecular flexibility index (Phi) is 2.03. The van der Waals surface area contributed by atoms with Crippen LogP contribution >= 0.6 is 0 Å². The zero-order valence-electron chi connectivity index (χ0n) is 7.28. The second kappa shape index (κ2) is 3.35. The van der Waals surface area contributed by atoms with E-state index in [1.54, 1.807) is 0 Å². The van der Waals surface area contributed by atoms with Crippen LogP contribution in [0.3, 0.4) is 0 Å². The Morgan fingerprint density at radius 3 is 2.73 bits per heavy atom. The Morgan fingerprint density at radius 2 is 2.13 bits per heavy atom. The summed E-state index contributed by atoms with van der Waals surface area (Å²) in [5.41, 5.74) is 7.84. The second-order valence-corrected chi connectivity index (χ2v) is 2.64. The molecule has 8 nitrogen and oxygen atoms in total. The fourth-order valence-electron chi connectivity index (χ4n) is 1.20. The average molecular weight is 208 g/mol. The van der Waals surface area contributed by atoms with Crippen molar-refractivity contribution in [2.75, 3.05) is 6.79 Å². The van der Waals surface area contributed by atoms with Crippen LogP contribution in [0.15, 0.2) is 17.2 Å². The molecule has 0 amide bonds. The van der Waals surface area contributed by atoms with Crippen LogP contribution in [0, 0.1) is 10.1 Å². The van der Waals surface area contributed by atoms with Gasteiger partial charge in [-0.25, -0.2) is 0 Å². The van der Waals surface area contributed by atoms with Gasteiger partial charge in [0.25, 0.3) is 5.69 Å². The summed E-state index contributed by atoms with van der Waals surface area (Å²) in [7, 11) is 0. The summed E-state index contributed by atoms with van der Waals surface area (Å²) in [5.74, 6) is 0.613. The standard InChI is InChI=1S/C7H4N4O4/c8-10-9-4-1-6-7(15-3-14-6)2-5(4)11(12)13/h1-2H,3H2. The number of hydrogen-bond acceptors (Lipinski definition) is 5. The number of rotatable bonds is 2. The van der Waals surface area contributed by atoms with Crippen molar-refractivity contribution in [3.63, 3.8) is 0 Å². The Hall–Kier alpha value is -2.47. The quantitative estimate of drug-likeness (QED) is 0.244. The van der Waals surface area contributed by atoms with Gasteiger partial charge in [-0.3, -0.25) is 10.1 Å². The summed E-state index contributed by atoms with van der Waals surface area (Å²) in [4.78, 5) is 12.5. The molecule has 1 aromatic carbocycles. The van der Waals surface area contributed by atoms with Gasteiger partial charge in [-0.05, 0) is 5.53 Å². The van der Waals surface area contributed by atoms with E-state index in [-0.39, 0.29) is 23.9 Å². The van der Waals surface area contributed by atoms with Crippen LogP contribution in [-0.2, 0) is 0 Å². The van der Waals surface area contributed by atoms with Crippen LogP contribution in [0.5, 0.6) is 11.5 Å². The maximum atomic E-state index is 10.6. The van der Waals surface area contributed by atoms with E-state index in [2.05, 4.69) is 10.0 Å². The molecule has 1 aromatic rings. The van der Waals surface area contributed by atoms with Crippen molar-refractivity contribution in [3.05, 3.63) is 32.7 Å². The van der Waals surface area contributed by atoms with Crippen molar-refractivity contribution in [2.45, 2.75) is 0 Å². The molecule has 0 spiro atoms. The van der Waals surface area contributed by atoms with Gasteiger partial charge in [-0.1, -0.05) is 5.11 Å². The first-order valence-corrected chi connectivity index (χ1v) is 3.85. The minimum Gasteiger partial charge on any atom is -0.454 e. The molecule has 0 saturated carbocycles. The summed E-state index contributed by atoms with van der Waals surface area (Å²) < 4.78 is 9.95. The van der Waals surface area contributed by atoms with E-state index in [1.165, 1.54) is 12.1 Å². The fraction of sp³-hybridized carbons (Fsp3) is 0.143. The van der Waals surface area contributed by atoms with Gasteiger partial charge < -0.3 is 9.47 Å². The molecule has 0 fully saturated rings. The lowest BCUT2D eigenvalue weighted by atomic mass is 10.2. The maximum Gasteiger partial charge on any atom is 0.282 e. The summed E-state index contributed by atoms with van der Waals surface area (Å²) in [5, 5.41) is 13.8. The lowest BCUT2D eigenvalue weighted by molar-refractivity contribution is -0.384. The highest BCUT2D eigenvalue weighted by molar-refractivity contribution is 5.65. The third-order valence-corrected chi connectivity index (χ3v) is 1.82. The van der Waals surface area contributed by atoms with Crippen LogP contribution < -0.4 is 9.47 Å². The van der Waals surface area contributed by atoms with Crippen molar-refractivity contribution < 1.29 is 14.4 Å².